The summed E-state index contributed by atoms with van der Waals surface area (Å²) >= 11 is 1.32. The van der Waals surface area contributed by atoms with E-state index in [0.717, 1.165) is 0 Å². The van der Waals surface area contributed by atoms with Crippen LogP contribution in [-0.2, 0) is 14.3 Å². The second kappa shape index (κ2) is 5.05. The molecular formula is C10H17NO4S. The molecule has 1 fully saturated rings. The molecule has 0 amide bonds. The molecule has 1 aliphatic rings. The smallest absolute Gasteiger partial charge is 0.337 e. The molecule has 1 aliphatic heterocycles. The Morgan fingerprint density at radius 1 is 1.62 bits per heavy atom. The Morgan fingerprint density at radius 3 is 2.62 bits per heavy atom. The molecule has 0 radical (unpaired) electrons. The van der Waals surface area contributed by atoms with Gasteiger partial charge < -0.3 is 9.84 Å². The fourth-order valence-electron chi connectivity index (χ4n) is 1.62. The van der Waals surface area contributed by atoms with Crippen LogP contribution in [0.5, 0.6) is 0 Å². The van der Waals surface area contributed by atoms with Gasteiger partial charge in [0.25, 0.3) is 0 Å². The van der Waals surface area contributed by atoms with Crippen molar-refractivity contribution in [1.82, 2.24) is 5.32 Å². The third-order valence-electron chi connectivity index (χ3n) is 2.56. The monoisotopic (exact) mass is 247 g/mol. The van der Waals surface area contributed by atoms with E-state index in [1.807, 2.05) is 13.8 Å². The number of rotatable bonds is 4. The van der Waals surface area contributed by atoms with Gasteiger partial charge in [-0.25, -0.2) is 4.79 Å². The van der Waals surface area contributed by atoms with E-state index in [9.17, 15) is 9.59 Å². The first-order valence-electron chi connectivity index (χ1n) is 5.25. The number of carbonyl (C=O) groups excluding carboxylic acids is 1. The Bertz CT molecular complexity index is 295. The molecule has 0 spiro atoms. The molecule has 0 saturated carbocycles. The molecule has 0 aromatic carbocycles. The zero-order chi connectivity index (χ0) is 12.3. The Morgan fingerprint density at radius 2 is 2.25 bits per heavy atom. The molecule has 6 heteroatoms. The van der Waals surface area contributed by atoms with E-state index in [0.29, 0.717) is 12.4 Å². The lowest BCUT2D eigenvalue weighted by atomic mass is 10.0. The van der Waals surface area contributed by atoms with Crippen molar-refractivity contribution in [3.05, 3.63) is 0 Å². The SMILES string of the molecule is CCOC(=O)C1(C(C)C)NC(C(=O)O)CS1. The number of esters is 1. The van der Waals surface area contributed by atoms with Crippen LogP contribution in [0.1, 0.15) is 20.8 Å². The molecule has 2 N–H and O–H groups in total. The van der Waals surface area contributed by atoms with Crippen molar-refractivity contribution in [2.45, 2.75) is 31.7 Å². The van der Waals surface area contributed by atoms with Crippen LogP contribution in [0.15, 0.2) is 0 Å². The third kappa shape index (κ3) is 2.32. The van der Waals surface area contributed by atoms with Gasteiger partial charge >= 0.3 is 11.9 Å². The fourth-order valence-corrected chi connectivity index (χ4v) is 3.01. The van der Waals surface area contributed by atoms with Crippen molar-refractivity contribution in [3.8, 4) is 0 Å². The van der Waals surface area contributed by atoms with Gasteiger partial charge in [-0.05, 0) is 12.8 Å². The summed E-state index contributed by atoms with van der Waals surface area (Å²) in [5.74, 6) is -0.953. The van der Waals surface area contributed by atoms with Gasteiger partial charge in [0, 0.05) is 5.75 Å². The molecule has 0 aliphatic carbocycles. The standard InChI is InChI=1S/C10H17NO4S/c1-4-15-9(14)10(6(2)3)11-7(5-16-10)8(12)13/h6-7,11H,4-5H2,1-3H3,(H,12,13). The number of carboxylic acids is 1. The van der Waals surface area contributed by atoms with Crippen molar-refractivity contribution in [3.63, 3.8) is 0 Å². The lowest BCUT2D eigenvalue weighted by Gasteiger charge is -2.30. The normalized spacial score (nSPS) is 29.4. The molecule has 0 aromatic rings. The quantitative estimate of drug-likeness (QED) is 0.712. The minimum Gasteiger partial charge on any atom is -0.480 e. The highest BCUT2D eigenvalue weighted by Gasteiger charge is 2.51. The van der Waals surface area contributed by atoms with Crippen molar-refractivity contribution in [2.24, 2.45) is 5.92 Å². The van der Waals surface area contributed by atoms with Gasteiger partial charge in [-0.1, -0.05) is 13.8 Å². The fraction of sp³-hybridized carbons (Fsp3) is 0.800. The lowest BCUT2D eigenvalue weighted by molar-refractivity contribution is -0.149. The molecular weight excluding hydrogens is 230 g/mol. The third-order valence-corrected chi connectivity index (χ3v) is 4.27. The average molecular weight is 247 g/mol. The van der Waals surface area contributed by atoms with E-state index in [1.54, 1.807) is 6.92 Å². The van der Waals surface area contributed by atoms with E-state index >= 15 is 0 Å². The maximum atomic E-state index is 11.9. The molecule has 0 aromatic heterocycles. The zero-order valence-corrected chi connectivity index (χ0v) is 10.5. The molecule has 1 saturated heterocycles. The van der Waals surface area contributed by atoms with E-state index in [-0.39, 0.29) is 11.9 Å². The van der Waals surface area contributed by atoms with Gasteiger partial charge in [-0.15, -0.1) is 11.8 Å². The maximum absolute atomic E-state index is 11.9. The summed E-state index contributed by atoms with van der Waals surface area (Å²) in [6, 6.07) is -0.684. The summed E-state index contributed by atoms with van der Waals surface area (Å²) < 4.78 is 5.00. The predicted molar refractivity (Wildman–Crippen MR) is 61.2 cm³/mol. The second-order valence-corrected chi connectivity index (χ2v) is 5.22. The largest absolute Gasteiger partial charge is 0.480 e. The van der Waals surface area contributed by atoms with Crippen LogP contribution in [-0.4, -0.2) is 40.3 Å². The number of hydrogen-bond donors (Lipinski definition) is 2. The van der Waals surface area contributed by atoms with E-state index in [4.69, 9.17) is 9.84 Å². The van der Waals surface area contributed by atoms with Crippen molar-refractivity contribution < 1.29 is 19.4 Å². The minimum absolute atomic E-state index is 0.0269. The minimum atomic E-state index is -0.931. The summed E-state index contributed by atoms with van der Waals surface area (Å²) in [6.07, 6.45) is 0. The van der Waals surface area contributed by atoms with Gasteiger partial charge in [-0.2, -0.15) is 0 Å². The predicted octanol–water partition coefficient (Wildman–Crippen LogP) is 0.691. The van der Waals surface area contributed by atoms with E-state index < -0.39 is 16.9 Å². The number of carbonyl (C=O) groups is 2. The maximum Gasteiger partial charge on any atom is 0.337 e. The highest BCUT2D eigenvalue weighted by molar-refractivity contribution is 8.01. The number of nitrogens with one attached hydrogen (secondary N) is 1. The molecule has 2 unspecified atom stereocenters. The van der Waals surface area contributed by atoms with Gasteiger partial charge in [-0.3, -0.25) is 10.1 Å². The van der Waals surface area contributed by atoms with Crippen molar-refractivity contribution in [2.75, 3.05) is 12.4 Å². The summed E-state index contributed by atoms with van der Waals surface area (Å²) in [6.45, 7) is 5.79. The Hall–Kier alpha value is -0.750. The van der Waals surface area contributed by atoms with Crippen LogP contribution in [0.4, 0.5) is 0 Å². The zero-order valence-electron chi connectivity index (χ0n) is 9.65. The highest BCUT2D eigenvalue weighted by atomic mass is 32.2. The number of thioether (sulfide) groups is 1. The first-order chi connectivity index (χ1) is 7.44. The first kappa shape index (κ1) is 13.3. The van der Waals surface area contributed by atoms with Crippen LogP contribution in [0.2, 0.25) is 0 Å². The average Bonchev–Trinajstić information content (AvgIpc) is 2.63. The van der Waals surface area contributed by atoms with Crippen LogP contribution in [0, 0.1) is 5.92 Å². The number of carboxylic acid groups (broad SMARTS) is 1. The summed E-state index contributed by atoms with van der Waals surface area (Å²) in [5.41, 5.74) is 0. The van der Waals surface area contributed by atoms with E-state index in [2.05, 4.69) is 5.32 Å². The van der Waals surface area contributed by atoms with Gasteiger partial charge in [0.15, 0.2) is 4.87 Å². The summed E-state index contributed by atoms with van der Waals surface area (Å²) in [7, 11) is 0. The second-order valence-electron chi connectivity index (χ2n) is 3.96. The molecule has 16 heavy (non-hydrogen) atoms. The first-order valence-corrected chi connectivity index (χ1v) is 6.24. The van der Waals surface area contributed by atoms with Crippen LogP contribution in [0.3, 0.4) is 0 Å². The van der Waals surface area contributed by atoms with Crippen molar-refractivity contribution >= 4 is 23.7 Å². The van der Waals surface area contributed by atoms with Crippen molar-refractivity contribution in [1.29, 1.82) is 0 Å². The molecule has 1 heterocycles. The van der Waals surface area contributed by atoms with Crippen LogP contribution in [0.25, 0.3) is 0 Å². The molecule has 5 nitrogen and oxygen atoms in total. The Labute approximate surface area is 98.9 Å². The van der Waals surface area contributed by atoms with Gasteiger partial charge in [0.2, 0.25) is 0 Å². The van der Waals surface area contributed by atoms with Crippen LogP contribution >= 0.6 is 11.8 Å². The van der Waals surface area contributed by atoms with Crippen LogP contribution < -0.4 is 5.32 Å². The number of ether oxygens (including phenoxy) is 1. The molecule has 92 valence electrons. The Balaban J connectivity index is 2.84. The van der Waals surface area contributed by atoms with Gasteiger partial charge in [0.1, 0.15) is 6.04 Å². The van der Waals surface area contributed by atoms with Gasteiger partial charge in [0.05, 0.1) is 6.61 Å². The number of aliphatic carboxylic acids is 1. The van der Waals surface area contributed by atoms with E-state index in [1.165, 1.54) is 11.8 Å². The molecule has 2 atom stereocenters. The lowest BCUT2D eigenvalue weighted by Crippen LogP contribution is -2.54. The number of hydrogen-bond acceptors (Lipinski definition) is 5. The highest BCUT2D eigenvalue weighted by Crippen LogP contribution is 2.38. The summed E-state index contributed by atoms with van der Waals surface area (Å²) in [5, 5.41) is 11.8. The summed E-state index contributed by atoms with van der Waals surface area (Å²) in [4.78, 5) is 21.8. The molecule has 1 rings (SSSR count). The Kier molecular flexibility index (Phi) is 4.21. The molecule has 0 bridgehead atoms. The topological polar surface area (TPSA) is 75.6 Å².